The lowest BCUT2D eigenvalue weighted by molar-refractivity contribution is -0.139. The molecule has 0 radical (unpaired) electrons. The summed E-state index contributed by atoms with van der Waals surface area (Å²) in [7, 11) is 0. The number of urea groups is 1. The maximum atomic E-state index is 12.6. The molecule has 1 atom stereocenters. The van der Waals surface area contributed by atoms with Crippen LogP contribution in [0.3, 0.4) is 0 Å². The number of benzene rings is 1. The molecule has 3 rings (SSSR count). The van der Waals surface area contributed by atoms with Crippen LogP contribution in [0.5, 0.6) is 0 Å². The minimum absolute atomic E-state index is 0.145. The second-order valence-corrected chi connectivity index (χ2v) is 7.48. The quantitative estimate of drug-likeness (QED) is 0.566. The summed E-state index contributed by atoms with van der Waals surface area (Å²) in [6, 6.07) is 8.59. The maximum Gasteiger partial charge on any atom is 0.338 e. The van der Waals surface area contributed by atoms with Crippen LogP contribution in [0.15, 0.2) is 53.0 Å². The number of nitrogens with one attached hydrogen (secondary N) is 3. The molecule has 0 bridgehead atoms. The van der Waals surface area contributed by atoms with Crippen LogP contribution in [0, 0.1) is 0 Å². The van der Waals surface area contributed by atoms with Crippen LogP contribution < -0.4 is 16.0 Å². The number of rotatable bonds is 7. The van der Waals surface area contributed by atoms with E-state index in [4.69, 9.17) is 9.47 Å². The van der Waals surface area contributed by atoms with Crippen molar-refractivity contribution in [2.75, 3.05) is 18.5 Å². The second kappa shape index (κ2) is 9.90. The van der Waals surface area contributed by atoms with Gasteiger partial charge in [0.25, 0.3) is 0 Å². The van der Waals surface area contributed by atoms with E-state index in [1.807, 2.05) is 5.38 Å². The first kappa shape index (κ1) is 22.0. The van der Waals surface area contributed by atoms with Gasteiger partial charge in [-0.25, -0.2) is 14.4 Å². The van der Waals surface area contributed by atoms with Gasteiger partial charge in [0.1, 0.15) is 6.61 Å². The Balaban J connectivity index is 1.84. The largest absolute Gasteiger partial charge is 0.463 e. The Bertz CT molecular complexity index is 1030. The minimum Gasteiger partial charge on any atom is -0.463 e. The Morgan fingerprint density at radius 1 is 1.13 bits per heavy atom. The highest BCUT2D eigenvalue weighted by molar-refractivity contribution is 7.10. The standard InChI is InChI=1S/C21H21N3O6S/c1-3-29-20(27)17-15(23-21(28)24-18(17)16-8-5-9-31-16)11-30-19(26)13-6-4-7-14(10-13)22-12(2)25/h4-10,18H,3,11H2,1-2H3,(H,22,25)(H2,23,24,28)/t18-/m0/s1. The van der Waals surface area contributed by atoms with Crippen LogP contribution in [-0.2, 0) is 19.1 Å². The molecule has 0 spiro atoms. The summed E-state index contributed by atoms with van der Waals surface area (Å²) in [5.41, 5.74) is 0.969. The number of hydrogen-bond acceptors (Lipinski definition) is 7. The molecule has 0 fully saturated rings. The van der Waals surface area contributed by atoms with Gasteiger partial charge < -0.3 is 25.4 Å². The summed E-state index contributed by atoms with van der Waals surface area (Å²) >= 11 is 1.37. The molecular weight excluding hydrogens is 422 g/mol. The molecule has 2 aromatic rings. The number of carbonyl (C=O) groups excluding carboxylic acids is 4. The zero-order valence-corrected chi connectivity index (χ0v) is 17.7. The molecule has 3 N–H and O–H groups in total. The van der Waals surface area contributed by atoms with Crippen molar-refractivity contribution in [2.24, 2.45) is 0 Å². The molecule has 162 valence electrons. The molecule has 0 aliphatic carbocycles. The summed E-state index contributed by atoms with van der Waals surface area (Å²) in [4.78, 5) is 49.3. The van der Waals surface area contributed by atoms with Crippen molar-refractivity contribution in [3.05, 3.63) is 63.5 Å². The Hall–Kier alpha value is -3.66. The highest BCUT2D eigenvalue weighted by atomic mass is 32.1. The normalized spacial score (nSPS) is 15.5. The van der Waals surface area contributed by atoms with Gasteiger partial charge in [0.05, 0.1) is 29.5 Å². The van der Waals surface area contributed by atoms with E-state index in [2.05, 4.69) is 16.0 Å². The number of thiophene rings is 1. The zero-order valence-electron chi connectivity index (χ0n) is 16.9. The first-order chi connectivity index (χ1) is 14.9. The number of ether oxygens (including phenoxy) is 2. The number of carbonyl (C=O) groups is 4. The van der Waals surface area contributed by atoms with Crippen LogP contribution >= 0.6 is 11.3 Å². The van der Waals surface area contributed by atoms with Crippen molar-refractivity contribution in [1.29, 1.82) is 0 Å². The number of hydrogen-bond donors (Lipinski definition) is 3. The average molecular weight is 443 g/mol. The molecule has 31 heavy (non-hydrogen) atoms. The fourth-order valence-corrected chi connectivity index (χ4v) is 3.78. The van der Waals surface area contributed by atoms with E-state index in [0.29, 0.717) is 5.69 Å². The highest BCUT2D eigenvalue weighted by Crippen LogP contribution is 2.30. The van der Waals surface area contributed by atoms with Crippen LogP contribution in [0.4, 0.5) is 10.5 Å². The van der Waals surface area contributed by atoms with Crippen molar-refractivity contribution in [3.8, 4) is 0 Å². The van der Waals surface area contributed by atoms with Gasteiger partial charge in [-0.15, -0.1) is 11.3 Å². The van der Waals surface area contributed by atoms with Gasteiger partial charge in [-0.1, -0.05) is 12.1 Å². The van der Waals surface area contributed by atoms with Gasteiger partial charge in [0.15, 0.2) is 0 Å². The molecule has 1 aromatic heterocycles. The Morgan fingerprint density at radius 3 is 2.61 bits per heavy atom. The zero-order chi connectivity index (χ0) is 22.4. The molecule has 0 saturated heterocycles. The SMILES string of the molecule is CCOC(=O)C1=C(COC(=O)c2cccc(NC(C)=O)c2)NC(=O)N[C@H]1c1cccs1. The van der Waals surface area contributed by atoms with Crippen LogP contribution in [0.1, 0.15) is 35.1 Å². The topological polar surface area (TPSA) is 123 Å². The molecular formula is C21H21N3O6S. The third-order valence-corrected chi connectivity index (χ3v) is 5.18. The van der Waals surface area contributed by atoms with Gasteiger partial charge in [-0.3, -0.25) is 4.79 Å². The minimum atomic E-state index is -0.718. The van der Waals surface area contributed by atoms with Gasteiger partial charge in [0, 0.05) is 17.5 Å². The number of esters is 2. The summed E-state index contributed by atoms with van der Waals surface area (Å²) in [6.07, 6.45) is 0. The van der Waals surface area contributed by atoms with Crippen molar-refractivity contribution >= 4 is 40.9 Å². The summed E-state index contributed by atoms with van der Waals surface area (Å²) in [5, 5.41) is 9.66. The fourth-order valence-electron chi connectivity index (χ4n) is 3.00. The van der Waals surface area contributed by atoms with Crippen LogP contribution in [0.25, 0.3) is 0 Å². The maximum absolute atomic E-state index is 12.6. The van der Waals surface area contributed by atoms with Crippen LogP contribution in [0.2, 0.25) is 0 Å². The number of anilines is 1. The van der Waals surface area contributed by atoms with Gasteiger partial charge in [0.2, 0.25) is 5.91 Å². The molecule has 2 heterocycles. The van der Waals surface area contributed by atoms with Gasteiger partial charge in [-0.2, -0.15) is 0 Å². The Kier molecular flexibility index (Phi) is 7.03. The lowest BCUT2D eigenvalue weighted by Gasteiger charge is -2.28. The van der Waals surface area contributed by atoms with E-state index >= 15 is 0 Å². The van der Waals surface area contributed by atoms with Crippen molar-refractivity contribution < 1.29 is 28.7 Å². The molecule has 1 aliphatic rings. The third kappa shape index (κ3) is 5.48. The average Bonchev–Trinajstić information content (AvgIpc) is 3.26. The molecule has 0 saturated carbocycles. The van der Waals surface area contributed by atoms with Crippen molar-refractivity contribution in [3.63, 3.8) is 0 Å². The second-order valence-electron chi connectivity index (χ2n) is 6.50. The molecule has 1 aromatic carbocycles. The van der Waals surface area contributed by atoms with E-state index in [-0.39, 0.29) is 36.0 Å². The summed E-state index contributed by atoms with van der Waals surface area (Å²) in [6.45, 7) is 2.84. The smallest absolute Gasteiger partial charge is 0.338 e. The van der Waals surface area contributed by atoms with E-state index in [1.165, 1.54) is 30.4 Å². The number of amides is 3. The Labute approximate surface area is 182 Å². The predicted octanol–water partition coefficient (Wildman–Crippen LogP) is 2.73. The summed E-state index contributed by atoms with van der Waals surface area (Å²) in [5.74, 6) is -1.57. The summed E-state index contributed by atoms with van der Waals surface area (Å²) < 4.78 is 10.5. The predicted molar refractivity (Wildman–Crippen MR) is 113 cm³/mol. The van der Waals surface area contributed by atoms with E-state index in [0.717, 1.165) is 4.88 Å². The van der Waals surface area contributed by atoms with Crippen molar-refractivity contribution in [1.82, 2.24) is 10.6 Å². The molecule has 0 unspecified atom stereocenters. The molecule has 9 nitrogen and oxygen atoms in total. The van der Waals surface area contributed by atoms with Crippen LogP contribution in [-0.4, -0.2) is 37.1 Å². The van der Waals surface area contributed by atoms with Gasteiger partial charge in [-0.05, 0) is 36.6 Å². The monoisotopic (exact) mass is 443 g/mol. The fraction of sp³-hybridized carbons (Fsp3) is 0.238. The van der Waals surface area contributed by atoms with E-state index in [9.17, 15) is 19.2 Å². The first-order valence-corrected chi connectivity index (χ1v) is 10.3. The lowest BCUT2D eigenvalue weighted by Crippen LogP contribution is -2.46. The third-order valence-electron chi connectivity index (χ3n) is 4.24. The Morgan fingerprint density at radius 2 is 1.94 bits per heavy atom. The molecule has 10 heteroatoms. The lowest BCUT2D eigenvalue weighted by atomic mass is 10.0. The molecule has 1 aliphatic heterocycles. The van der Waals surface area contributed by atoms with E-state index < -0.39 is 24.0 Å². The molecule has 3 amide bonds. The van der Waals surface area contributed by atoms with Gasteiger partial charge >= 0.3 is 18.0 Å². The van der Waals surface area contributed by atoms with E-state index in [1.54, 1.807) is 31.2 Å². The first-order valence-electron chi connectivity index (χ1n) is 9.45. The highest BCUT2D eigenvalue weighted by Gasteiger charge is 2.34. The van der Waals surface area contributed by atoms with Crippen molar-refractivity contribution in [2.45, 2.75) is 19.9 Å².